The molecule has 0 saturated carbocycles. The normalized spacial score (nSPS) is 12.1. The van der Waals surface area contributed by atoms with Crippen LogP contribution in [-0.4, -0.2) is 20.3 Å². The van der Waals surface area contributed by atoms with E-state index in [9.17, 15) is 4.79 Å². The Morgan fingerprint density at radius 2 is 2.00 bits per heavy atom. The number of rotatable bonds is 4. The van der Waals surface area contributed by atoms with E-state index in [4.69, 9.17) is 0 Å². The van der Waals surface area contributed by atoms with E-state index in [0.29, 0.717) is 5.56 Å². The number of aryl methyl sites for hydroxylation is 1. The van der Waals surface area contributed by atoms with Crippen molar-refractivity contribution in [3.05, 3.63) is 72.3 Å². The Bertz CT molecular complexity index is 774. The summed E-state index contributed by atoms with van der Waals surface area (Å²) >= 11 is 0. The molecule has 2 aromatic heterocycles. The number of carbonyl (C=O) groups excluding carboxylic acids is 1. The highest BCUT2D eigenvalue weighted by Crippen LogP contribution is 2.17. The summed E-state index contributed by atoms with van der Waals surface area (Å²) in [6.45, 7) is 1.98. The molecule has 1 atom stereocenters. The van der Waals surface area contributed by atoms with E-state index in [1.165, 1.54) is 0 Å². The molecule has 0 saturated heterocycles. The lowest BCUT2D eigenvalue weighted by Gasteiger charge is -2.15. The van der Waals surface area contributed by atoms with Crippen molar-refractivity contribution in [3.8, 4) is 5.69 Å². The van der Waals surface area contributed by atoms with Crippen LogP contribution in [0.4, 0.5) is 0 Å². The Morgan fingerprint density at radius 1 is 1.23 bits per heavy atom. The summed E-state index contributed by atoms with van der Waals surface area (Å²) in [7, 11) is 1.79. The number of carbonyl (C=O) groups is 1. The molecule has 0 aliphatic rings. The minimum absolute atomic E-state index is 0.0804. The van der Waals surface area contributed by atoms with Crippen molar-refractivity contribution in [2.24, 2.45) is 7.05 Å². The minimum atomic E-state index is -0.119. The molecule has 3 aromatic rings. The Hall–Kier alpha value is -2.82. The van der Waals surface area contributed by atoms with Crippen LogP contribution in [0.15, 0.2) is 61.2 Å². The third-order valence-corrected chi connectivity index (χ3v) is 3.59. The molecule has 5 heteroatoms. The van der Waals surface area contributed by atoms with Crippen LogP contribution >= 0.6 is 0 Å². The average molecular weight is 294 g/mol. The molecule has 112 valence electrons. The van der Waals surface area contributed by atoms with E-state index in [1.54, 1.807) is 24.1 Å². The molecule has 0 spiro atoms. The first-order chi connectivity index (χ1) is 10.6. The molecule has 1 aromatic carbocycles. The largest absolute Gasteiger partial charge is 0.345 e. The van der Waals surface area contributed by atoms with Crippen LogP contribution in [0.1, 0.15) is 28.9 Å². The van der Waals surface area contributed by atoms with E-state index in [1.807, 2.05) is 54.2 Å². The van der Waals surface area contributed by atoms with Gasteiger partial charge in [-0.05, 0) is 36.8 Å². The van der Waals surface area contributed by atoms with Gasteiger partial charge in [-0.3, -0.25) is 9.48 Å². The molecule has 1 unspecified atom stereocenters. The molecule has 22 heavy (non-hydrogen) atoms. The smallest absolute Gasteiger partial charge is 0.254 e. The van der Waals surface area contributed by atoms with Gasteiger partial charge >= 0.3 is 0 Å². The van der Waals surface area contributed by atoms with Gasteiger partial charge in [0.05, 0.1) is 17.8 Å². The molecule has 3 rings (SSSR count). The van der Waals surface area contributed by atoms with Gasteiger partial charge in [-0.1, -0.05) is 12.1 Å². The molecular formula is C17H18N4O. The Balaban J connectivity index is 1.76. The van der Waals surface area contributed by atoms with Crippen LogP contribution in [0.5, 0.6) is 0 Å². The highest BCUT2D eigenvalue weighted by atomic mass is 16.1. The fourth-order valence-corrected chi connectivity index (χ4v) is 2.36. The maximum Gasteiger partial charge on any atom is 0.254 e. The summed E-state index contributed by atoms with van der Waals surface area (Å²) < 4.78 is 3.66. The van der Waals surface area contributed by atoms with E-state index in [0.717, 1.165) is 11.3 Å². The number of nitrogens with zero attached hydrogens (tertiary/aromatic N) is 3. The topological polar surface area (TPSA) is 51.9 Å². The molecule has 1 N–H and O–H groups in total. The third-order valence-electron chi connectivity index (χ3n) is 3.59. The van der Waals surface area contributed by atoms with Crippen molar-refractivity contribution < 1.29 is 4.79 Å². The summed E-state index contributed by atoms with van der Waals surface area (Å²) in [6, 6.07) is 12.0. The van der Waals surface area contributed by atoms with Crippen LogP contribution in [0.25, 0.3) is 5.69 Å². The maximum absolute atomic E-state index is 12.2. The average Bonchev–Trinajstić information content (AvgIpc) is 3.18. The van der Waals surface area contributed by atoms with Crippen LogP contribution < -0.4 is 5.32 Å². The van der Waals surface area contributed by atoms with E-state index in [2.05, 4.69) is 16.5 Å². The van der Waals surface area contributed by atoms with Crippen molar-refractivity contribution in [3.63, 3.8) is 0 Å². The predicted octanol–water partition coefficient (Wildman–Crippen LogP) is 2.70. The minimum Gasteiger partial charge on any atom is -0.345 e. The van der Waals surface area contributed by atoms with Gasteiger partial charge in [0.25, 0.3) is 5.91 Å². The van der Waals surface area contributed by atoms with Crippen molar-refractivity contribution in [1.29, 1.82) is 0 Å². The second-order valence-electron chi connectivity index (χ2n) is 5.28. The lowest BCUT2D eigenvalue weighted by atomic mass is 10.1. The molecule has 5 nitrogen and oxygen atoms in total. The first-order valence-corrected chi connectivity index (χ1v) is 7.16. The highest BCUT2D eigenvalue weighted by molar-refractivity contribution is 5.93. The SMILES string of the molecule is CC(NC(=O)c1cnn(C)c1)c1cccc(-n2cccc2)c1. The van der Waals surface area contributed by atoms with Crippen molar-refractivity contribution in [2.75, 3.05) is 0 Å². The van der Waals surface area contributed by atoms with Gasteiger partial charge in [-0.2, -0.15) is 5.10 Å². The first-order valence-electron chi connectivity index (χ1n) is 7.16. The fraction of sp³-hybridized carbons (Fsp3) is 0.176. The quantitative estimate of drug-likeness (QED) is 0.804. The van der Waals surface area contributed by atoms with E-state index in [-0.39, 0.29) is 11.9 Å². The summed E-state index contributed by atoms with van der Waals surface area (Å²) in [4.78, 5) is 12.2. The van der Waals surface area contributed by atoms with Crippen LogP contribution in [0.3, 0.4) is 0 Å². The monoisotopic (exact) mass is 294 g/mol. The number of nitrogens with one attached hydrogen (secondary N) is 1. The number of amides is 1. The standard InChI is InChI=1S/C17H18N4O/c1-13(19-17(22)15-11-18-20(2)12-15)14-6-5-7-16(10-14)21-8-3-4-9-21/h3-13H,1-2H3,(H,19,22). The Labute approximate surface area is 129 Å². The zero-order valence-electron chi connectivity index (χ0n) is 12.6. The fourth-order valence-electron chi connectivity index (χ4n) is 2.36. The van der Waals surface area contributed by atoms with Crippen molar-refractivity contribution in [1.82, 2.24) is 19.7 Å². The Kier molecular flexibility index (Phi) is 3.78. The zero-order valence-corrected chi connectivity index (χ0v) is 12.6. The number of benzene rings is 1. The summed E-state index contributed by atoms with van der Waals surface area (Å²) in [5, 5.41) is 7.01. The first kappa shape index (κ1) is 14.1. The van der Waals surface area contributed by atoms with Crippen LogP contribution in [0.2, 0.25) is 0 Å². The van der Waals surface area contributed by atoms with Crippen LogP contribution in [-0.2, 0) is 7.05 Å². The van der Waals surface area contributed by atoms with Gasteiger partial charge in [0.15, 0.2) is 0 Å². The van der Waals surface area contributed by atoms with Gasteiger partial charge in [0.1, 0.15) is 0 Å². The number of hydrogen-bond acceptors (Lipinski definition) is 2. The molecule has 0 aliphatic carbocycles. The summed E-state index contributed by atoms with van der Waals surface area (Å²) in [6.07, 6.45) is 7.27. The van der Waals surface area contributed by atoms with Gasteiger partial charge in [0.2, 0.25) is 0 Å². The van der Waals surface area contributed by atoms with Gasteiger partial charge in [-0.25, -0.2) is 0 Å². The number of hydrogen-bond donors (Lipinski definition) is 1. The Morgan fingerprint density at radius 3 is 2.68 bits per heavy atom. The second-order valence-corrected chi connectivity index (χ2v) is 5.28. The summed E-state index contributed by atoms with van der Waals surface area (Å²) in [5.74, 6) is -0.119. The van der Waals surface area contributed by atoms with E-state index >= 15 is 0 Å². The molecule has 0 aliphatic heterocycles. The molecule has 0 radical (unpaired) electrons. The number of aromatic nitrogens is 3. The maximum atomic E-state index is 12.2. The third kappa shape index (κ3) is 2.93. The molecular weight excluding hydrogens is 276 g/mol. The lowest BCUT2D eigenvalue weighted by molar-refractivity contribution is 0.0940. The lowest BCUT2D eigenvalue weighted by Crippen LogP contribution is -2.26. The van der Waals surface area contributed by atoms with Gasteiger partial charge < -0.3 is 9.88 Å². The molecule has 1 amide bonds. The predicted molar refractivity (Wildman–Crippen MR) is 84.9 cm³/mol. The van der Waals surface area contributed by atoms with E-state index < -0.39 is 0 Å². The molecule has 0 bridgehead atoms. The van der Waals surface area contributed by atoms with Crippen molar-refractivity contribution >= 4 is 5.91 Å². The van der Waals surface area contributed by atoms with Crippen LogP contribution in [0, 0.1) is 0 Å². The molecule has 0 fully saturated rings. The highest BCUT2D eigenvalue weighted by Gasteiger charge is 2.13. The summed E-state index contributed by atoms with van der Waals surface area (Å²) in [5.41, 5.74) is 2.70. The van der Waals surface area contributed by atoms with Gasteiger partial charge in [-0.15, -0.1) is 0 Å². The molecule has 2 heterocycles. The second kappa shape index (κ2) is 5.89. The van der Waals surface area contributed by atoms with Gasteiger partial charge in [0, 0.05) is 31.3 Å². The zero-order chi connectivity index (χ0) is 15.5. The van der Waals surface area contributed by atoms with Crippen molar-refractivity contribution in [2.45, 2.75) is 13.0 Å².